The van der Waals surface area contributed by atoms with Crippen molar-refractivity contribution in [1.29, 1.82) is 0 Å². The minimum atomic E-state index is 0.543. The number of nitrogens with zero attached hydrogens (tertiary/aromatic N) is 2. The molecule has 0 amide bonds. The fourth-order valence-corrected chi connectivity index (χ4v) is 1.43. The summed E-state index contributed by atoms with van der Waals surface area (Å²) >= 11 is 5.74. The maximum atomic E-state index is 5.74. The van der Waals surface area contributed by atoms with Gasteiger partial charge in [0.15, 0.2) is 0 Å². The fourth-order valence-electron chi connectivity index (χ4n) is 1.32. The lowest BCUT2D eigenvalue weighted by molar-refractivity contribution is 0.600. The van der Waals surface area contributed by atoms with Crippen LogP contribution >= 0.6 is 11.6 Å². The molecule has 0 spiro atoms. The molecule has 13 heavy (non-hydrogen) atoms. The number of hydrogen-bond donors (Lipinski definition) is 0. The van der Waals surface area contributed by atoms with Gasteiger partial charge in [-0.25, -0.2) is 0 Å². The van der Waals surface area contributed by atoms with Crippen LogP contribution in [-0.2, 0) is 13.0 Å². The summed E-state index contributed by atoms with van der Waals surface area (Å²) in [5.74, 6) is 1.26. The Hall–Kier alpha value is -0.500. The van der Waals surface area contributed by atoms with Crippen molar-refractivity contribution in [2.75, 3.05) is 5.88 Å². The zero-order chi connectivity index (χ0) is 9.68. The summed E-state index contributed by atoms with van der Waals surface area (Å²) in [6.07, 6.45) is 6.23. The number of aryl methyl sites for hydroxylation is 1. The highest BCUT2D eigenvalue weighted by Gasteiger charge is 2.03. The topological polar surface area (TPSA) is 17.8 Å². The van der Waals surface area contributed by atoms with Crippen molar-refractivity contribution in [3.05, 3.63) is 18.0 Å². The minimum Gasteiger partial charge on any atom is -0.272 e. The van der Waals surface area contributed by atoms with Crippen LogP contribution in [0.3, 0.4) is 0 Å². The number of rotatable bonds is 5. The van der Waals surface area contributed by atoms with Crippen molar-refractivity contribution < 1.29 is 0 Å². The van der Waals surface area contributed by atoms with Gasteiger partial charge in [-0.2, -0.15) is 5.10 Å². The van der Waals surface area contributed by atoms with Crippen molar-refractivity contribution in [3.63, 3.8) is 0 Å². The van der Waals surface area contributed by atoms with Gasteiger partial charge >= 0.3 is 0 Å². The van der Waals surface area contributed by atoms with Gasteiger partial charge in [-0.3, -0.25) is 4.68 Å². The van der Waals surface area contributed by atoms with Crippen LogP contribution in [0.2, 0.25) is 0 Å². The van der Waals surface area contributed by atoms with Crippen molar-refractivity contribution in [3.8, 4) is 0 Å². The van der Waals surface area contributed by atoms with Crippen LogP contribution in [0.5, 0.6) is 0 Å². The first-order chi connectivity index (χ1) is 6.26. The Morgan fingerprint density at radius 3 is 3.00 bits per heavy atom. The predicted octanol–water partition coefficient (Wildman–Crippen LogP) is 2.71. The third kappa shape index (κ3) is 3.39. The molecule has 0 saturated carbocycles. The van der Waals surface area contributed by atoms with Gasteiger partial charge in [0.25, 0.3) is 0 Å². The van der Waals surface area contributed by atoms with Gasteiger partial charge < -0.3 is 0 Å². The highest BCUT2D eigenvalue weighted by atomic mass is 35.5. The summed E-state index contributed by atoms with van der Waals surface area (Å²) in [4.78, 5) is 0. The fraction of sp³-hybridized carbons (Fsp3) is 0.700. The highest BCUT2D eigenvalue weighted by Crippen LogP contribution is 2.09. The second-order valence-electron chi connectivity index (χ2n) is 3.58. The molecule has 1 atom stereocenters. The van der Waals surface area contributed by atoms with E-state index in [9.17, 15) is 0 Å². The van der Waals surface area contributed by atoms with E-state index in [-0.39, 0.29) is 0 Å². The molecule has 1 aromatic heterocycles. The summed E-state index contributed by atoms with van der Waals surface area (Å²) in [5, 5.41) is 4.27. The number of halogens is 1. The Morgan fingerprint density at radius 1 is 1.62 bits per heavy atom. The Labute approximate surface area is 84.9 Å². The normalized spacial score (nSPS) is 13.2. The molecule has 1 unspecified atom stereocenters. The van der Waals surface area contributed by atoms with E-state index in [4.69, 9.17) is 11.6 Å². The first-order valence-electron chi connectivity index (χ1n) is 4.83. The average Bonchev–Trinajstić information content (AvgIpc) is 2.53. The molecule has 1 aromatic rings. The van der Waals surface area contributed by atoms with Crippen molar-refractivity contribution in [2.24, 2.45) is 5.92 Å². The summed E-state index contributed by atoms with van der Waals surface area (Å²) < 4.78 is 2.00. The van der Waals surface area contributed by atoms with Gasteiger partial charge in [-0.1, -0.05) is 13.8 Å². The molecule has 2 nitrogen and oxygen atoms in total. The van der Waals surface area contributed by atoms with Crippen LogP contribution in [-0.4, -0.2) is 15.7 Å². The molecular formula is C10H17ClN2. The standard InChI is InChI=1S/C10H17ClN2/c1-3-4-13-8-10(7-12-13)5-9(2)6-11/h7-9H,3-6H2,1-2H3. The van der Waals surface area contributed by atoms with Crippen molar-refractivity contribution in [1.82, 2.24) is 9.78 Å². The molecule has 0 fully saturated rings. The molecular weight excluding hydrogens is 184 g/mol. The average molecular weight is 201 g/mol. The summed E-state index contributed by atoms with van der Waals surface area (Å²) in [5.41, 5.74) is 1.29. The maximum Gasteiger partial charge on any atom is 0.0521 e. The van der Waals surface area contributed by atoms with Crippen LogP contribution < -0.4 is 0 Å². The Kier molecular flexibility index (Phi) is 4.29. The zero-order valence-corrected chi connectivity index (χ0v) is 9.09. The highest BCUT2D eigenvalue weighted by molar-refractivity contribution is 6.18. The Balaban J connectivity index is 2.48. The Bertz CT molecular complexity index is 245. The predicted molar refractivity (Wildman–Crippen MR) is 56.1 cm³/mol. The second-order valence-corrected chi connectivity index (χ2v) is 3.88. The van der Waals surface area contributed by atoms with Gasteiger partial charge in [-0.15, -0.1) is 11.6 Å². The van der Waals surface area contributed by atoms with E-state index in [1.807, 2.05) is 10.9 Å². The first-order valence-corrected chi connectivity index (χ1v) is 5.37. The molecule has 0 radical (unpaired) electrons. The van der Waals surface area contributed by atoms with E-state index in [0.717, 1.165) is 25.3 Å². The minimum absolute atomic E-state index is 0.543. The monoisotopic (exact) mass is 200 g/mol. The van der Waals surface area contributed by atoms with Crippen LogP contribution in [0.15, 0.2) is 12.4 Å². The van der Waals surface area contributed by atoms with Gasteiger partial charge in [0, 0.05) is 18.6 Å². The SMILES string of the molecule is CCCn1cc(CC(C)CCl)cn1. The van der Waals surface area contributed by atoms with Crippen molar-refractivity contribution in [2.45, 2.75) is 33.2 Å². The number of alkyl halides is 1. The van der Waals surface area contributed by atoms with E-state index in [1.165, 1.54) is 5.56 Å². The van der Waals surface area contributed by atoms with E-state index in [2.05, 4.69) is 25.1 Å². The van der Waals surface area contributed by atoms with Crippen LogP contribution in [0.1, 0.15) is 25.8 Å². The molecule has 0 saturated heterocycles. The van der Waals surface area contributed by atoms with Crippen LogP contribution in [0.25, 0.3) is 0 Å². The third-order valence-corrected chi connectivity index (χ3v) is 2.51. The van der Waals surface area contributed by atoms with E-state index < -0.39 is 0 Å². The lowest BCUT2D eigenvalue weighted by Crippen LogP contribution is -2.00. The molecule has 0 aromatic carbocycles. The van der Waals surface area contributed by atoms with E-state index >= 15 is 0 Å². The largest absolute Gasteiger partial charge is 0.272 e. The van der Waals surface area contributed by atoms with E-state index in [1.54, 1.807) is 0 Å². The van der Waals surface area contributed by atoms with Crippen LogP contribution in [0.4, 0.5) is 0 Å². The molecule has 0 aliphatic rings. The second kappa shape index (κ2) is 5.28. The molecule has 3 heteroatoms. The van der Waals surface area contributed by atoms with E-state index in [0.29, 0.717) is 5.92 Å². The molecule has 0 bridgehead atoms. The van der Waals surface area contributed by atoms with Gasteiger partial charge in [-0.05, 0) is 24.3 Å². The van der Waals surface area contributed by atoms with Crippen molar-refractivity contribution >= 4 is 11.6 Å². The summed E-state index contributed by atoms with van der Waals surface area (Å²) in [6, 6.07) is 0. The quantitative estimate of drug-likeness (QED) is 0.669. The third-order valence-electron chi connectivity index (χ3n) is 1.99. The number of hydrogen-bond acceptors (Lipinski definition) is 1. The smallest absolute Gasteiger partial charge is 0.0521 e. The van der Waals surface area contributed by atoms with Gasteiger partial charge in [0.1, 0.15) is 0 Å². The molecule has 0 N–H and O–H groups in total. The number of aromatic nitrogens is 2. The molecule has 74 valence electrons. The summed E-state index contributed by atoms with van der Waals surface area (Å²) in [6.45, 7) is 5.32. The molecule has 0 aliphatic carbocycles. The van der Waals surface area contributed by atoms with Gasteiger partial charge in [0.05, 0.1) is 6.20 Å². The zero-order valence-electron chi connectivity index (χ0n) is 8.33. The molecule has 1 rings (SSSR count). The maximum absolute atomic E-state index is 5.74. The summed E-state index contributed by atoms with van der Waals surface area (Å²) in [7, 11) is 0. The van der Waals surface area contributed by atoms with Crippen LogP contribution in [0, 0.1) is 5.92 Å². The lowest BCUT2D eigenvalue weighted by atomic mass is 10.1. The first kappa shape index (κ1) is 10.6. The lowest BCUT2D eigenvalue weighted by Gasteiger charge is -2.03. The molecule has 0 aliphatic heterocycles. The van der Waals surface area contributed by atoms with Gasteiger partial charge in [0.2, 0.25) is 0 Å². The Morgan fingerprint density at radius 2 is 2.38 bits per heavy atom. The molecule has 1 heterocycles.